The lowest BCUT2D eigenvalue weighted by molar-refractivity contribution is 0.0698. The third-order valence-corrected chi connectivity index (χ3v) is 2.83. The summed E-state index contributed by atoms with van der Waals surface area (Å²) in [6.45, 7) is 2.53. The summed E-state index contributed by atoms with van der Waals surface area (Å²) < 4.78 is 0. The molecule has 4 nitrogen and oxygen atoms in total. The Labute approximate surface area is 112 Å². The molecule has 0 spiro atoms. The fourth-order valence-electron chi connectivity index (χ4n) is 1.86. The van der Waals surface area contributed by atoms with Crippen molar-refractivity contribution in [2.75, 3.05) is 11.9 Å². The summed E-state index contributed by atoms with van der Waals surface area (Å²) in [5.41, 5.74) is 2.88. The number of aromatic carboxylic acids is 1. The van der Waals surface area contributed by atoms with Gasteiger partial charge >= 0.3 is 5.97 Å². The number of carbonyl (C=O) groups is 1. The predicted octanol–water partition coefficient (Wildman–Crippen LogP) is 2.74. The molecule has 0 atom stereocenters. The smallest absolute Gasteiger partial charge is 0.337 e. The van der Waals surface area contributed by atoms with Gasteiger partial charge in [-0.05, 0) is 31.2 Å². The van der Waals surface area contributed by atoms with Gasteiger partial charge in [0.15, 0.2) is 0 Å². The Hall–Kier alpha value is -2.36. The Balaban J connectivity index is 2.02. The molecule has 2 aromatic rings. The first-order valence-electron chi connectivity index (χ1n) is 6.14. The average molecular weight is 256 g/mol. The van der Waals surface area contributed by atoms with Crippen LogP contribution in [0.1, 0.15) is 21.6 Å². The molecule has 0 aliphatic heterocycles. The largest absolute Gasteiger partial charge is 0.478 e. The second-order valence-corrected chi connectivity index (χ2v) is 4.35. The van der Waals surface area contributed by atoms with Gasteiger partial charge in [-0.25, -0.2) is 4.79 Å². The molecular weight excluding hydrogens is 240 g/mol. The number of pyridine rings is 1. The van der Waals surface area contributed by atoms with Crippen LogP contribution in [0.25, 0.3) is 0 Å². The molecule has 2 rings (SSSR count). The van der Waals surface area contributed by atoms with Crippen LogP contribution in [0.4, 0.5) is 5.69 Å². The Bertz CT molecular complexity index is 568. The molecule has 1 aromatic heterocycles. The number of hydrogen-bond donors (Lipinski definition) is 2. The number of carboxylic acid groups (broad SMARTS) is 1. The number of anilines is 1. The van der Waals surface area contributed by atoms with Crippen LogP contribution in [0.3, 0.4) is 0 Å². The average Bonchev–Trinajstić information content (AvgIpc) is 2.41. The fraction of sp³-hybridized carbons (Fsp3) is 0.200. The maximum atomic E-state index is 11.2. The van der Waals surface area contributed by atoms with Crippen molar-refractivity contribution >= 4 is 11.7 Å². The summed E-state index contributed by atoms with van der Waals surface area (Å²) in [6, 6.07) is 11.1. The minimum absolute atomic E-state index is 0.307. The number of aryl methyl sites for hydroxylation is 1. The minimum atomic E-state index is -0.913. The van der Waals surface area contributed by atoms with E-state index < -0.39 is 5.97 Å². The topological polar surface area (TPSA) is 62.2 Å². The number of rotatable bonds is 5. The standard InChI is InChI=1S/C15H16N2O2/c1-11-5-6-14(13(10-11)15(18)19)17-9-7-12-4-2-3-8-16-12/h2-6,8,10,17H,7,9H2,1H3,(H,18,19). The van der Waals surface area contributed by atoms with E-state index in [0.717, 1.165) is 17.7 Å². The van der Waals surface area contributed by atoms with E-state index in [1.807, 2.05) is 31.2 Å². The van der Waals surface area contributed by atoms with E-state index in [9.17, 15) is 4.79 Å². The molecule has 1 heterocycles. The number of nitrogens with zero attached hydrogens (tertiary/aromatic N) is 1. The number of carboxylic acids is 1. The lowest BCUT2D eigenvalue weighted by Crippen LogP contribution is -2.10. The molecule has 0 amide bonds. The lowest BCUT2D eigenvalue weighted by atomic mass is 10.1. The van der Waals surface area contributed by atoms with Gasteiger partial charge in [0.1, 0.15) is 0 Å². The highest BCUT2D eigenvalue weighted by Crippen LogP contribution is 2.17. The first-order valence-corrected chi connectivity index (χ1v) is 6.14. The van der Waals surface area contributed by atoms with Crippen LogP contribution >= 0.6 is 0 Å². The van der Waals surface area contributed by atoms with Gasteiger partial charge in [0.05, 0.1) is 5.56 Å². The normalized spacial score (nSPS) is 10.2. The maximum Gasteiger partial charge on any atom is 0.337 e. The van der Waals surface area contributed by atoms with E-state index in [-0.39, 0.29) is 0 Å². The molecule has 4 heteroatoms. The number of aromatic nitrogens is 1. The Kier molecular flexibility index (Phi) is 4.13. The van der Waals surface area contributed by atoms with Gasteiger partial charge in [0.2, 0.25) is 0 Å². The monoisotopic (exact) mass is 256 g/mol. The number of hydrogen-bond acceptors (Lipinski definition) is 3. The van der Waals surface area contributed by atoms with Gasteiger partial charge in [-0.1, -0.05) is 17.7 Å². The van der Waals surface area contributed by atoms with Crippen molar-refractivity contribution < 1.29 is 9.90 Å². The second kappa shape index (κ2) is 6.00. The minimum Gasteiger partial charge on any atom is -0.478 e. The number of benzene rings is 1. The molecule has 0 fully saturated rings. The van der Waals surface area contributed by atoms with Gasteiger partial charge in [0, 0.05) is 30.5 Å². The van der Waals surface area contributed by atoms with E-state index in [1.165, 1.54) is 0 Å². The quantitative estimate of drug-likeness (QED) is 0.863. The highest BCUT2D eigenvalue weighted by molar-refractivity contribution is 5.94. The van der Waals surface area contributed by atoms with Crippen LogP contribution in [-0.4, -0.2) is 22.6 Å². The second-order valence-electron chi connectivity index (χ2n) is 4.35. The van der Waals surface area contributed by atoms with Crippen LogP contribution in [-0.2, 0) is 6.42 Å². The molecule has 98 valence electrons. The third kappa shape index (κ3) is 3.55. The molecule has 2 N–H and O–H groups in total. The first kappa shape index (κ1) is 13.1. The summed E-state index contributed by atoms with van der Waals surface area (Å²) in [5, 5.41) is 12.3. The molecule has 0 saturated carbocycles. The van der Waals surface area contributed by atoms with E-state index in [1.54, 1.807) is 18.3 Å². The zero-order valence-electron chi connectivity index (χ0n) is 10.8. The van der Waals surface area contributed by atoms with Crippen molar-refractivity contribution in [2.24, 2.45) is 0 Å². The SMILES string of the molecule is Cc1ccc(NCCc2ccccn2)c(C(=O)O)c1. The summed E-state index contributed by atoms with van der Waals surface area (Å²) in [5.74, 6) is -0.913. The van der Waals surface area contributed by atoms with Crippen molar-refractivity contribution in [3.8, 4) is 0 Å². The van der Waals surface area contributed by atoms with Gasteiger partial charge in [-0.2, -0.15) is 0 Å². The van der Waals surface area contributed by atoms with E-state index >= 15 is 0 Å². The molecule has 0 unspecified atom stereocenters. The molecule has 0 aliphatic carbocycles. The molecule has 0 bridgehead atoms. The molecule has 0 radical (unpaired) electrons. The van der Waals surface area contributed by atoms with Crippen molar-refractivity contribution in [3.63, 3.8) is 0 Å². The van der Waals surface area contributed by atoms with E-state index in [0.29, 0.717) is 17.8 Å². The van der Waals surface area contributed by atoms with Gasteiger partial charge in [-0.3, -0.25) is 4.98 Å². The number of nitrogens with one attached hydrogen (secondary N) is 1. The highest BCUT2D eigenvalue weighted by atomic mass is 16.4. The molecular formula is C15H16N2O2. The zero-order chi connectivity index (χ0) is 13.7. The Morgan fingerprint density at radius 2 is 2.16 bits per heavy atom. The Morgan fingerprint density at radius 1 is 1.32 bits per heavy atom. The zero-order valence-corrected chi connectivity index (χ0v) is 10.8. The molecule has 0 saturated heterocycles. The van der Waals surface area contributed by atoms with Crippen LogP contribution < -0.4 is 5.32 Å². The van der Waals surface area contributed by atoms with Crippen LogP contribution in [0, 0.1) is 6.92 Å². The van der Waals surface area contributed by atoms with Crippen molar-refractivity contribution in [2.45, 2.75) is 13.3 Å². The van der Waals surface area contributed by atoms with Crippen molar-refractivity contribution in [1.29, 1.82) is 0 Å². The summed E-state index contributed by atoms with van der Waals surface area (Å²) >= 11 is 0. The Morgan fingerprint density at radius 3 is 2.84 bits per heavy atom. The van der Waals surface area contributed by atoms with Gasteiger partial charge in [-0.15, -0.1) is 0 Å². The summed E-state index contributed by atoms with van der Waals surface area (Å²) in [6.07, 6.45) is 2.51. The van der Waals surface area contributed by atoms with Gasteiger partial charge in [0.25, 0.3) is 0 Å². The van der Waals surface area contributed by atoms with Crippen molar-refractivity contribution in [1.82, 2.24) is 4.98 Å². The first-order chi connectivity index (χ1) is 9.16. The van der Waals surface area contributed by atoms with Crippen LogP contribution in [0.15, 0.2) is 42.6 Å². The maximum absolute atomic E-state index is 11.2. The lowest BCUT2D eigenvalue weighted by Gasteiger charge is -2.10. The summed E-state index contributed by atoms with van der Waals surface area (Å²) in [4.78, 5) is 15.4. The summed E-state index contributed by atoms with van der Waals surface area (Å²) in [7, 11) is 0. The molecule has 0 aliphatic rings. The van der Waals surface area contributed by atoms with E-state index in [2.05, 4.69) is 10.3 Å². The molecule has 1 aromatic carbocycles. The third-order valence-electron chi connectivity index (χ3n) is 2.83. The van der Waals surface area contributed by atoms with Crippen molar-refractivity contribution in [3.05, 3.63) is 59.4 Å². The predicted molar refractivity (Wildman–Crippen MR) is 74.6 cm³/mol. The molecule has 19 heavy (non-hydrogen) atoms. The van der Waals surface area contributed by atoms with E-state index in [4.69, 9.17) is 5.11 Å². The van der Waals surface area contributed by atoms with Crippen LogP contribution in [0.5, 0.6) is 0 Å². The van der Waals surface area contributed by atoms with Crippen LogP contribution in [0.2, 0.25) is 0 Å². The highest BCUT2D eigenvalue weighted by Gasteiger charge is 2.09. The van der Waals surface area contributed by atoms with Gasteiger partial charge < -0.3 is 10.4 Å². The fourth-order valence-corrected chi connectivity index (χ4v) is 1.86.